The highest BCUT2D eigenvalue weighted by molar-refractivity contribution is 5.93. The summed E-state index contributed by atoms with van der Waals surface area (Å²) in [4.78, 5) is 86.7. The van der Waals surface area contributed by atoms with E-state index in [0.29, 0.717) is 41.2 Å². The molecule has 0 fully saturated rings. The van der Waals surface area contributed by atoms with E-state index >= 15 is 0 Å². The van der Waals surface area contributed by atoms with Crippen LogP contribution in [0.15, 0.2) is 36.4 Å². The van der Waals surface area contributed by atoms with Crippen molar-refractivity contribution in [2.24, 2.45) is 17.4 Å². The van der Waals surface area contributed by atoms with Gasteiger partial charge in [-0.25, -0.2) is 14.4 Å². The SMILES string of the molecule is CCNC(N)=O.COC(=O)C(C)Cc1ccc(OCCNC(=O)OC(C)(C)C)c(-c2cc(C(C(=O)N[C@@H](C)C(C)=O)N(C)C(=O)CN)ccc2OCCNC(=O)OC(C)(C)C)c1. The summed E-state index contributed by atoms with van der Waals surface area (Å²) >= 11 is 0. The van der Waals surface area contributed by atoms with Crippen molar-refractivity contribution in [2.45, 2.75) is 98.9 Å². The second kappa shape index (κ2) is 25.6. The third kappa shape index (κ3) is 20.0. The zero-order valence-corrected chi connectivity index (χ0v) is 38.1. The number of ketones is 1. The number of likely N-dealkylation sites (N-methyl/N-ethyl adjacent to an activating group) is 1. The van der Waals surface area contributed by atoms with Crippen LogP contribution in [0.4, 0.5) is 14.4 Å². The van der Waals surface area contributed by atoms with Crippen LogP contribution < -0.4 is 42.2 Å². The van der Waals surface area contributed by atoms with Gasteiger partial charge >= 0.3 is 24.2 Å². The Hall–Kier alpha value is -6.11. The first kappa shape index (κ1) is 53.9. The van der Waals surface area contributed by atoms with Crippen LogP contribution >= 0.6 is 0 Å². The molecule has 19 heteroatoms. The van der Waals surface area contributed by atoms with Crippen LogP contribution in [0.2, 0.25) is 0 Å². The van der Waals surface area contributed by atoms with Gasteiger partial charge < -0.3 is 61.3 Å². The molecule has 6 amide bonds. The van der Waals surface area contributed by atoms with E-state index in [1.165, 1.54) is 32.9 Å². The van der Waals surface area contributed by atoms with E-state index in [4.69, 9.17) is 29.4 Å². The number of ether oxygens (including phenoxy) is 5. The summed E-state index contributed by atoms with van der Waals surface area (Å²) < 4.78 is 28.0. The Morgan fingerprint density at radius 2 is 1.27 bits per heavy atom. The number of esters is 1. The number of carbonyl (C=O) groups is 7. The number of amides is 6. The first-order valence-electron chi connectivity index (χ1n) is 20.2. The maximum atomic E-state index is 13.8. The van der Waals surface area contributed by atoms with Crippen molar-refractivity contribution in [3.05, 3.63) is 47.5 Å². The van der Waals surface area contributed by atoms with Gasteiger partial charge in [-0.05, 0) is 104 Å². The van der Waals surface area contributed by atoms with Crippen molar-refractivity contribution in [3.63, 3.8) is 0 Å². The van der Waals surface area contributed by atoms with Gasteiger partial charge in [0, 0.05) is 24.7 Å². The van der Waals surface area contributed by atoms with Gasteiger partial charge in [0.2, 0.25) is 11.8 Å². The number of hydrogen-bond donors (Lipinski definition) is 6. The third-order valence-electron chi connectivity index (χ3n) is 8.38. The smallest absolute Gasteiger partial charge is 0.407 e. The Morgan fingerprint density at radius 1 is 0.774 bits per heavy atom. The number of carbonyl (C=O) groups excluding carboxylic acids is 7. The van der Waals surface area contributed by atoms with Crippen LogP contribution in [-0.2, 0) is 39.8 Å². The van der Waals surface area contributed by atoms with E-state index in [0.717, 1.165) is 5.56 Å². The fourth-order valence-corrected chi connectivity index (χ4v) is 5.40. The molecule has 19 nitrogen and oxygen atoms in total. The van der Waals surface area contributed by atoms with E-state index in [9.17, 15) is 33.6 Å². The van der Waals surface area contributed by atoms with Gasteiger partial charge in [0.05, 0.1) is 38.7 Å². The van der Waals surface area contributed by atoms with E-state index in [-0.39, 0.29) is 38.6 Å². The van der Waals surface area contributed by atoms with Gasteiger partial charge in [-0.1, -0.05) is 19.1 Å². The van der Waals surface area contributed by atoms with Crippen molar-refractivity contribution < 1.29 is 57.2 Å². The van der Waals surface area contributed by atoms with Crippen molar-refractivity contribution in [3.8, 4) is 22.6 Å². The molecule has 8 N–H and O–H groups in total. The first-order valence-corrected chi connectivity index (χ1v) is 20.2. The fourth-order valence-electron chi connectivity index (χ4n) is 5.40. The number of urea groups is 1. The summed E-state index contributed by atoms with van der Waals surface area (Å²) in [6, 6.07) is 7.68. The van der Waals surface area contributed by atoms with E-state index in [1.807, 2.05) is 13.0 Å². The maximum Gasteiger partial charge on any atom is 0.407 e. The lowest BCUT2D eigenvalue weighted by Gasteiger charge is -2.29. The molecule has 346 valence electrons. The number of methoxy groups -OCH3 is 1. The number of nitrogens with one attached hydrogen (secondary N) is 4. The van der Waals surface area contributed by atoms with Crippen molar-refractivity contribution in [2.75, 3.05) is 53.6 Å². The number of nitrogens with zero attached hydrogens (tertiary/aromatic N) is 1. The summed E-state index contributed by atoms with van der Waals surface area (Å²) in [7, 11) is 2.75. The summed E-state index contributed by atoms with van der Waals surface area (Å²) in [6.45, 7) is 17.4. The molecule has 0 heterocycles. The molecule has 0 spiro atoms. The number of nitrogens with two attached hydrogens (primary N) is 2. The summed E-state index contributed by atoms with van der Waals surface area (Å²) in [5.41, 5.74) is 11.0. The molecule has 0 aliphatic rings. The monoisotopic (exact) mass is 873 g/mol. The van der Waals surface area contributed by atoms with Crippen LogP contribution in [0.5, 0.6) is 11.5 Å². The Labute approximate surface area is 364 Å². The Bertz CT molecular complexity index is 1840. The van der Waals surface area contributed by atoms with E-state index in [1.54, 1.807) is 78.8 Å². The second-order valence-electron chi connectivity index (χ2n) is 16.1. The second-order valence-corrected chi connectivity index (χ2v) is 16.1. The molecule has 0 radical (unpaired) electrons. The Kier molecular flexibility index (Phi) is 22.3. The summed E-state index contributed by atoms with van der Waals surface area (Å²) in [5.74, 6) is -1.65. The average Bonchev–Trinajstić information content (AvgIpc) is 3.16. The minimum Gasteiger partial charge on any atom is -0.491 e. The highest BCUT2D eigenvalue weighted by Crippen LogP contribution is 2.40. The number of alkyl carbamates (subject to hydrolysis) is 2. The molecule has 2 rings (SSSR count). The van der Waals surface area contributed by atoms with Crippen LogP contribution in [0.3, 0.4) is 0 Å². The Balaban J connectivity index is 0.00000297. The van der Waals surface area contributed by atoms with Crippen LogP contribution in [0.25, 0.3) is 11.1 Å². The largest absolute Gasteiger partial charge is 0.491 e. The molecule has 0 saturated heterocycles. The van der Waals surface area contributed by atoms with Gasteiger partial charge in [0.1, 0.15) is 42.0 Å². The molecular formula is C43H67N7O12. The van der Waals surface area contributed by atoms with Crippen LogP contribution in [0, 0.1) is 5.92 Å². The van der Waals surface area contributed by atoms with Crippen molar-refractivity contribution in [1.29, 1.82) is 0 Å². The number of benzene rings is 2. The van der Waals surface area contributed by atoms with Crippen LogP contribution in [-0.4, -0.2) is 117 Å². The molecule has 0 bridgehead atoms. The molecule has 0 aliphatic heterocycles. The molecule has 0 saturated carbocycles. The number of rotatable bonds is 19. The molecule has 2 aromatic rings. The normalized spacial score (nSPS) is 12.4. The molecule has 3 atom stereocenters. The molecule has 0 aromatic heterocycles. The third-order valence-corrected chi connectivity index (χ3v) is 8.38. The lowest BCUT2D eigenvalue weighted by molar-refractivity contribution is -0.144. The van der Waals surface area contributed by atoms with Gasteiger partial charge in [0.15, 0.2) is 5.78 Å². The Morgan fingerprint density at radius 3 is 1.69 bits per heavy atom. The van der Waals surface area contributed by atoms with Gasteiger partial charge in [-0.3, -0.25) is 19.2 Å². The standard InChI is InChI=1S/C40H59N5O11.C3H8N2O/c1-24(36(49)52-11)20-27-12-14-31(53-18-16-42-37(50)55-39(4,5)6)29(21-27)30-22-28(13-15-32(30)54-19-17-43-38(51)56-40(7,8)9)34(45(10)33(47)23-41)35(48)44-25(2)26(3)46;1-2-5-3(4)6/h12-15,21-22,24-25,34H,16-20,23,41H2,1-11H3,(H,42,50)(H,43,51)(H,44,48);2H2,1H3,(H3,4,5,6)/t24?,25-,34?;/m0./s1. The van der Waals surface area contributed by atoms with Gasteiger partial charge in [-0.2, -0.15) is 0 Å². The zero-order chi connectivity index (χ0) is 47.4. The average molecular weight is 874 g/mol. The predicted octanol–water partition coefficient (Wildman–Crippen LogP) is 3.74. The molecule has 0 aliphatic carbocycles. The fraction of sp³-hybridized carbons (Fsp3) is 0.558. The molecule has 62 heavy (non-hydrogen) atoms. The topological polar surface area (TPSA) is 269 Å². The molecular weight excluding hydrogens is 807 g/mol. The van der Waals surface area contributed by atoms with E-state index in [2.05, 4.69) is 27.0 Å². The lowest BCUT2D eigenvalue weighted by atomic mass is 9.93. The van der Waals surface area contributed by atoms with E-state index < -0.39 is 65.2 Å². The molecule has 2 aromatic carbocycles. The maximum absolute atomic E-state index is 13.8. The summed E-state index contributed by atoms with van der Waals surface area (Å²) in [5, 5.41) is 10.3. The predicted molar refractivity (Wildman–Crippen MR) is 232 cm³/mol. The quantitative estimate of drug-likeness (QED) is 0.0668. The highest BCUT2D eigenvalue weighted by atomic mass is 16.6. The van der Waals surface area contributed by atoms with Gasteiger partial charge in [0.25, 0.3) is 0 Å². The number of Topliss-reactive ketones (excluding diaryl/α,β-unsaturated/α-hetero) is 1. The number of primary amides is 1. The van der Waals surface area contributed by atoms with Crippen molar-refractivity contribution >= 4 is 41.8 Å². The zero-order valence-electron chi connectivity index (χ0n) is 38.1. The lowest BCUT2D eigenvalue weighted by Crippen LogP contribution is -2.47. The van der Waals surface area contributed by atoms with Crippen molar-refractivity contribution in [1.82, 2.24) is 26.2 Å². The minimum atomic E-state index is -1.22. The summed E-state index contributed by atoms with van der Waals surface area (Å²) in [6.07, 6.45) is -0.935. The van der Waals surface area contributed by atoms with Crippen LogP contribution in [0.1, 0.15) is 86.4 Å². The minimum absolute atomic E-state index is 0.00621. The first-order chi connectivity index (χ1) is 28.8. The molecule has 2 unspecified atom stereocenters. The van der Waals surface area contributed by atoms with Gasteiger partial charge in [-0.15, -0.1) is 0 Å². The number of hydrogen-bond acceptors (Lipinski definition) is 13. The highest BCUT2D eigenvalue weighted by Gasteiger charge is 2.31.